The topological polar surface area (TPSA) is 62.3 Å². The molecule has 1 N–H and O–H groups in total. The predicted octanol–water partition coefficient (Wildman–Crippen LogP) is 0.458. The molecule has 1 unspecified atom stereocenters. The average Bonchev–Trinajstić information content (AvgIpc) is 2.43. The predicted molar refractivity (Wildman–Crippen MR) is 61.8 cm³/mol. The van der Waals surface area contributed by atoms with Crippen LogP contribution in [-0.4, -0.2) is 34.3 Å². The van der Waals surface area contributed by atoms with Crippen LogP contribution in [0.1, 0.15) is 18.9 Å². The van der Waals surface area contributed by atoms with E-state index in [4.69, 9.17) is 0 Å². The first-order valence-corrected chi connectivity index (χ1v) is 5.74. The number of hydrogen-bond acceptors (Lipinski definition) is 3. The number of nitrogens with one attached hydrogen (secondary N) is 1. The first-order valence-electron chi connectivity index (χ1n) is 5.74. The van der Waals surface area contributed by atoms with Gasteiger partial charge in [-0.25, -0.2) is 4.39 Å². The average molecular weight is 251 g/mol. The maximum absolute atomic E-state index is 13.0. The molecule has 0 saturated carbocycles. The number of carbonyl (C=O) groups is 2. The lowest BCUT2D eigenvalue weighted by Gasteiger charge is -2.22. The molecule has 0 bridgehead atoms. The van der Waals surface area contributed by atoms with Crippen molar-refractivity contribution in [3.8, 4) is 0 Å². The van der Waals surface area contributed by atoms with E-state index < -0.39 is 11.9 Å². The normalized spacial score (nSPS) is 20.6. The van der Waals surface area contributed by atoms with E-state index in [2.05, 4.69) is 10.3 Å². The van der Waals surface area contributed by atoms with Gasteiger partial charge in [0.05, 0.1) is 6.20 Å². The zero-order valence-corrected chi connectivity index (χ0v) is 10.0. The standard InChI is InChI=1S/C12H14FN3O2/c1-8-12(18)16(3-2-11(17)15-8)7-9-4-10(13)6-14-5-9/h4-6,8H,2-3,7H2,1H3,(H,15,17). The minimum absolute atomic E-state index is 0.143. The van der Waals surface area contributed by atoms with Gasteiger partial charge < -0.3 is 10.2 Å². The Morgan fingerprint density at radius 2 is 2.28 bits per heavy atom. The number of aromatic nitrogens is 1. The molecule has 2 rings (SSSR count). The molecule has 1 aliphatic rings. The van der Waals surface area contributed by atoms with Crippen LogP contribution in [0, 0.1) is 5.82 Å². The maximum Gasteiger partial charge on any atom is 0.245 e. The molecule has 1 fully saturated rings. The summed E-state index contributed by atoms with van der Waals surface area (Å²) in [6.07, 6.45) is 2.89. The highest BCUT2D eigenvalue weighted by Crippen LogP contribution is 2.10. The number of halogens is 1. The lowest BCUT2D eigenvalue weighted by molar-refractivity contribution is -0.133. The molecule has 6 heteroatoms. The highest BCUT2D eigenvalue weighted by Gasteiger charge is 2.26. The molecule has 1 atom stereocenters. The molecular weight excluding hydrogens is 237 g/mol. The van der Waals surface area contributed by atoms with Crippen LogP contribution in [0.15, 0.2) is 18.5 Å². The third kappa shape index (κ3) is 2.82. The van der Waals surface area contributed by atoms with Gasteiger partial charge in [0.25, 0.3) is 0 Å². The fraction of sp³-hybridized carbons (Fsp3) is 0.417. The lowest BCUT2D eigenvalue weighted by Crippen LogP contribution is -2.42. The number of amides is 2. The molecule has 2 heterocycles. The van der Waals surface area contributed by atoms with Crippen LogP contribution in [0.3, 0.4) is 0 Å². The van der Waals surface area contributed by atoms with Crippen molar-refractivity contribution in [2.75, 3.05) is 6.54 Å². The van der Waals surface area contributed by atoms with Crippen LogP contribution < -0.4 is 5.32 Å². The van der Waals surface area contributed by atoms with Gasteiger partial charge >= 0.3 is 0 Å². The van der Waals surface area contributed by atoms with Crippen molar-refractivity contribution < 1.29 is 14.0 Å². The Morgan fingerprint density at radius 1 is 1.50 bits per heavy atom. The van der Waals surface area contributed by atoms with Crippen molar-refractivity contribution >= 4 is 11.8 Å². The van der Waals surface area contributed by atoms with E-state index in [0.29, 0.717) is 12.1 Å². The summed E-state index contributed by atoms with van der Waals surface area (Å²) in [6.45, 7) is 2.25. The molecule has 0 spiro atoms. The maximum atomic E-state index is 13.0. The molecule has 1 aromatic rings. The van der Waals surface area contributed by atoms with E-state index in [1.165, 1.54) is 12.3 Å². The summed E-state index contributed by atoms with van der Waals surface area (Å²) in [6, 6.07) is 0.798. The number of carbonyl (C=O) groups excluding carboxylic acids is 2. The van der Waals surface area contributed by atoms with Gasteiger partial charge in [-0.3, -0.25) is 14.6 Å². The molecule has 2 amide bonds. The second kappa shape index (κ2) is 5.12. The largest absolute Gasteiger partial charge is 0.345 e. The van der Waals surface area contributed by atoms with Gasteiger partial charge in [0, 0.05) is 25.7 Å². The van der Waals surface area contributed by atoms with Crippen molar-refractivity contribution in [1.82, 2.24) is 15.2 Å². The zero-order chi connectivity index (χ0) is 13.1. The minimum atomic E-state index is -0.540. The number of rotatable bonds is 2. The third-order valence-electron chi connectivity index (χ3n) is 2.80. The van der Waals surface area contributed by atoms with Gasteiger partial charge in [-0.1, -0.05) is 0 Å². The van der Waals surface area contributed by atoms with E-state index in [0.717, 1.165) is 6.20 Å². The van der Waals surface area contributed by atoms with Crippen LogP contribution in [-0.2, 0) is 16.1 Å². The van der Waals surface area contributed by atoms with E-state index >= 15 is 0 Å². The van der Waals surface area contributed by atoms with Gasteiger partial charge in [-0.05, 0) is 18.6 Å². The summed E-state index contributed by atoms with van der Waals surface area (Å²) in [5.41, 5.74) is 0.616. The van der Waals surface area contributed by atoms with E-state index in [1.807, 2.05) is 0 Å². The van der Waals surface area contributed by atoms with Crippen molar-refractivity contribution in [2.24, 2.45) is 0 Å². The lowest BCUT2D eigenvalue weighted by atomic mass is 10.2. The first kappa shape index (κ1) is 12.5. The van der Waals surface area contributed by atoms with Crippen molar-refractivity contribution in [3.63, 3.8) is 0 Å². The van der Waals surface area contributed by atoms with E-state index in [-0.39, 0.29) is 24.8 Å². The Labute approximate surface area is 104 Å². The molecular formula is C12H14FN3O2. The van der Waals surface area contributed by atoms with Crippen LogP contribution in [0.25, 0.3) is 0 Å². The zero-order valence-electron chi connectivity index (χ0n) is 10.0. The number of hydrogen-bond donors (Lipinski definition) is 1. The molecule has 5 nitrogen and oxygen atoms in total. The molecule has 1 aromatic heterocycles. The molecule has 96 valence electrons. The smallest absolute Gasteiger partial charge is 0.245 e. The van der Waals surface area contributed by atoms with Crippen molar-refractivity contribution in [1.29, 1.82) is 0 Å². The SMILES string of the molecule is CC1NC(=O)CCN(Cc2cncc(F)c2)C1=O. The Hall–Kier alpha value is -1.98. The molecule has 1 aliphatic heterocycles. The fourth-order valence-corrected chi connectivity index (χ4v) is 1.92. The van der Waals surface area contributed by atoms with E-state index in [9.17, 15) is 14.0 Å². The monoisotopic (exact) mass is 251 g/mol. The van der Waals surface area contributed by atoms with Gasteiger partial charge in [0.1, 0.15) is 11.9 Å². The Morgan fingerprint density at radius 3 is 3.00 bits per heavy atom. The van der Waals surface area contributed by atoms with Gasteiger partial charge in [-0.2, -0.15) is 0 Å². The molecule has 0 aromatic carbocycles. The van der Waals surface area contributed by atoms with Gasteiger partial charge in [-0.15, -0.1) is 0 Å². The molecule has 0 radical (unpaired) electrons. The van der Waals surface area contributed by atoms with E-state index in [1.54, 1.807) is 11.8 Å². The fourth-order valence-electron chi connectivity index (χ4n) is 1.92. The van der Waals surface area contributed by atoms with Crippen molar-refractivity contribution in [2.45, 2.75) is 25.9 Å². The summed E-state index contributed by atoms with van der Waals surface area (Å²) >= 11 is 0. The highest BCUT2D eigenvalue weighted by molar-refractivity contribution is 5.89. The summed E-state index contributed by atoms with van der Waals surface area (Å²) in [4.78, 5) is 28.6. The molecule has 18 heavy (non-hydrogen) atoms. The summed E-state index contributed by atoms with van der Waals surface area (Å²) in [5.74, 6) is -0.738. The summed E-state index contributed by atoms with van der Waals surface area (Å²) in [7, 11) is 0. The Kier molecular flexibility index (Phi) is 3.55. The van der Waals surface area contributed by atoms with Crippen LogP contribution in [0.5, 0.6) is 0 Å². The summed E-state index contributed by atoms with van der Waals surface area (Å²) in [5, 5.41) is 2.60. The second-order valence-electron chi connectivity index (χ2n) is 4.31. The molecule has 0 aliphatic carbocycles. The highest BCUT2D eigenvalue weighted by atomic mass is 19.1. The quantitative estimate of drug-likeness (QED) is 0.830. The Bertz CT molecular complexity index is 478. The number of nitrogens with zero attached hydrogens (tertiary/aromatic N) is 2. The minimum Gasteiger partial charge on any atom is -0.345 e. The Balaban J connectivity index is 2.12. The van der Waals surface area contributed by atoms with Crippen LogP contribution >= 0.6 is 0 Å². The van der Waals surface area contributed by atoms with Gasteiger partial charge in [0.15, 0.2) is 0 Å². The summed E-state index contributed by atoms with van der Waals surface area (Å²) < 4.78 is 13.0. The van der Waals surface area contributed by atoms with Crippen LogP contribution in [0.2, 0.25) is 0 Å². The first-order chi connectivity index (χ1) is 8.56. The van der Waals surface area contributed by atoms with Gasteiger partial charge in [0.2, 0.25) is 11.8 Å². The second-order valence-corrected chi connectivity index (χ2v) is 4.31. The van der Waals surface area contributed by atoms with Crippen LogP contribution in [0.4, 0.5) is 4.39 Å². The molecule has 1 saturated heterocycles. The number of pyridine rings is 1. The van der Waals surface area contributed by atoms with Crippen molar-refractivity contribution in [3.05, 3.63) is 29.8 Å². The third-order valence-corrected chi connectivity index (χ3v) is 2.80.